The van der Waals surface area contributed by atoms with Crippen LogP contribution in [0.1, 0.15) is 6.42 Å². The molecule has 1 aliphatic rings. The molecule has 0 bridgehead atoms. The lowest BCUT2D eigenvalue weighted by atomic mass is 10.2. The minimum atomic E-state index is 0.584. The van der Waals surface area contributed by atoms with Gasteiger partial charge in [-0.1, -0.05) is 0 Å². The molecule has 0 aromatic rings. The Morgan fingerprint density at radius 3 is 2.88 bits per heavy atom. The van der Waals surface area contributed by atoms with Gasteiger partial charge in [-0.2, -0.15) is 0 Å². The molecule has 3 N–H and O–H groups in total. The highest BCUT2D eigenvalue weighted by Gasteiger charge is 2.25. The van der Waals surface area contributed by atoms with Crippen LogP contribution < -0.4 is 11.3 Å². The average Bonchev–Trinajstić information content (AvgIpc) is 2.74. The first-order valence-corrected chi connectivity index (χ1v) is 5.60. The number of methoxy groups -OCH3 is 1. The molecule has 1 saturated heterocycles. The van der Waals surface area contributed by atoms with Crippen LogP contribution in [0.15, 0.2) is 4.99 Å². The number of ether oxygens (including phenoxy) is 1. The number of nitrogens with zero attached hydrogens (tertiary/aromatic N) is 3. The summed E-state index contributed by atoms with van der Waals surface area (Å²) in [5.74, 6) is 6.24. The Balaban J connectivity index is 2.45. The second-order valence-corrected chi connectivity index (χ2v) is 4.19. The second-order valence-electron chi connectivity index (χ2n) is 4.19. The molecule has 0 saturated carbocycles. The van der Waals surface area contributed by atoms with Gasteiger partial charge in [0.15, 0.2) is 0 Å². The highest BCUT2D eigenvalue weighted by molar-refractivity contribution is 5.79. The Labute approximate surface area is 97.4 Å². The van der Waals surface area contributed by atoms with Crippen molar-refractivity contribution < 1.29 is 4.74 Å². The number of likely N-dealkylation sites (tertiary alicyclic amines) is 1. The quantitative estimate of drug-likeness (QED) is 0.215. The van der Waals surface area contributed by atoms with Crippen molar-refractivity contribution in [1.29, 1.82) is 0 Å². The molecule has 1 atom stereocenters. The molecular formula is C10H23N5O. The summed E-state index contributed by atoms with van der Waals surface area (Å²) in [6.07, 6.45) is 1.15. The number of rotatable bonds is 4. The van der Waals surface area contributed by atoms with Crippen LogP contribution in [0.25, 0.3) is 0 Å². The van der Waals surface area contributed by atoms with Gasteiger partial charge in [0.2, 0.25) is 5.96 Å². The zero-order valence-electron chi connectivity index (χ0n) is 10.4. The monoisotopic (exact) mass is 229 g/mol. The van der Waals surface area contributed by atoms with E-state index in [0.717, 1.165) is 25.5 Å². The molecule has 0 aliphatic carbocycles. The first-order valence-electron chi connectivity index (χ1n) is 5.60. The van der Waals surface area contributed by atoms with E-state index in [1.54, 1.807) is 7.11 Å². The van der Waals surface area contributed by atoms with E-state index in [2.05, 4.69) is 34.3 Å². The number of hydrogen-bond donors (Lipinski definition) is 2. The highest BCUT2D eigenvalue weighted by atomic mass is 16.5. The van der Waals surface area contributed by atoms with Crippen molar-refractivity contribution in [3.8, 4) is 0 Å². The molecule has 0 spiro atoms. The summed E-state index contributed by atoms with van der Waals surface area (Å²) >= 11 is 0. The van der Waals surface area contributed by atoms with Crippen molar-refractivity contribution in [2.24, 2.45) is 10.8 Å². The summed E-state index contributed by atoms with van der Waals surface area (Å²) in [7, 11) is 5.88. The normalized spacial score (nSPS) is 21.9. The molecule has 1 heterocycles. The van der Waals surface area contributed by atoms with Gasteiger partial charge in [0, 0.05) is 26.2 Å². The summed E-state index contributed by atoms with van der Waals surface area (Å²) in [6, 6.07) is 0.584. The van der Waals surface area contributed by atoms with E-state index in [1.807, 2.05) is 0 Å². The van der Waals surface area contributed by atoms with Crippen LogP contribution in [0.5, 0.6) is 0 Å². The van der Waals surface area contributed by atoms with E-state index in [-0.39, 0.29) is 0 Å². The molecule has 1 rings (SSSR count). The average molecular weight is 229 g/mol. The Kier molecular flexibility index (Phi) is 5.51. The smallest absolute Gasteiger partial charge is 0.208 e. The van der Waals surface area contributed by atoms with Crippen LogP contribution in [0.3, 0.4) is 0 Å². The summed E-state index contributed by atoms with van der Waals surface area (Å²) < 4.78 is 4.96. The summed E-state index contributed by atoms with van der Waals surface area (Å²) in [6.45, 7) is 3.23. The van der Waals surface area contributed by atoms with Crippen LogP contribution in [0, 0.1) is 0 Å². The molecule has 94 valence electrons. The van der Waals surface area contributed by atoms with Crippen molar-refractivity contribution in [2.45, 2.75) is 12.5 Å². The molecule has 1 fully saturated rings. The maximum absolute atomic E-state index is 5.48. The van der Waals surface area contributed by atoms with E-state index in [1.165, 1.54) is 0 Å². The number of guanidine groups is 1. The largest absolute Gasteiger partial charge is 0.383 e. The minimum absolute atomic E-state index is 0.584. The molecule has 16 heavy (non-hydrogen) atoms. The van der Waals surface area contributed by atoms with Crippen LogP contribution in [0.4, 0.5) is 0 Å². The van der Waals surface area contributed by atoms with E-state index in [0.29, 0.717) is 19.2 Å². The standard InChI is InChI=1S/C10H23N5O/c1-14(2)9-4-6-15(8-9)10(13-11)12-5-7-16-3/h9H,4-8,11H2,1-3H3,(H,12,13). The maximum Gasteiger partial charge on any atom is 0.208 e. The van der Waals surface area contributed by atoms with E-state index < -0.39 is 0 Å². The molecule has 0 radical (unpaired) electrons. The van der Waals surface area contributed by atoms with Gasteiger partial charge in [-0.15, -0.1) is 0 Å². The van der Waals surface area contributed by atoms with Gasteiger partial charge >= 0.3 is 0 Å². The lowest BCUT2D eigenvalue weighted by Gasteiger charge is -2.22. The van der Waals surface area contributed by atoms with Gasteiger partial charge in [0.1, 0.15) is 0 Å². The lowest BCUT2D eigenvalue weighted by molar-refractivity contribution is 0.207. The fraction of sp³-hybridized carbons (Fsp3) is 0.900. The predicted octanol–water partition coefficient (Wildman–Crippen LogP) is -0.912. The van der Waals surface area contributed by atoms with Crippen LogP contribution >= 0.6 is 0 Å². The number of nitrogens with two attached hydrogens (primary N) is 1. The molecule has 1 unspecified atom stereocenters. The van der Waals surface area contributed by atoms with Crippen LogP contribution in [0.2, 0.25) is 0 Å². The maximum atomic E-state index is 5.48. The van der Waals surface area contributed by atoms with Crippen molar-refractivity contribution >= 4 is 5.96 Å². The Bertz CT molecular complexity index is 231. The number of nitrogens with one attached hydrogen (secondary N) is 1. The topological polar surface area (TPSA) is 66.1 Å². The fourth-order valence-electron chi connectivity index (χ4n) is 1.84. The van der Waals surface area contributed by atoms with Crippen LogP contribution in [-0.4, -0.2) is 69.2 Å². The lowest BCUT2D eigenvalue weighted by Crippen LogP contribution is -2.45. The Morgan fingerprint density at radius 1 is 1.62 bits per heavy atom. The molecule has 6 heteroatoms. The van der Waals surface area contributed by atoms with Gasteiger partial charge in [0.25, 0.3) is 0 Å². The number of hydrazine groups is 1. The zero-order valence-corrected chi connectivity index (χ0v) is 10.4. The molecule has 6 nitrogen and oxygen atoms in total. The molecule has 0 aromatic carbocycles. The van der Waals surface area contributed by atoms with E-state index >= 15 is 0 Å². The second kappa shape index (κ2) is 6.67. The van der Waals surface area contributed by atoms with Crippen molar-refractivity contribution in [2.75, 3.05) is 47.4 Å². The summed E-state index contributed by atoms with van der Waals surface area (Å²) in [4.78, 5) is 8.79. The van der Waals surface area contributed by atoms with Gasteiger partial charge in [-0.25, -0.2) is 10.8 Å². The van der Waals surface area contributed by atoms with Crippen molar-refractivity contribution in [1.82, 2.24) is 15.2 Å². The zero-order chi connectivity index (χ0) is 12.0. The molecule has 0 amide bonds. The van der Waals surface area contributed by atoms with E-state index in [9.17, 15) is 0 Å². The van der Waals surface area contributed by atoms with E-state index in [4.69, 9.17) is 10.6 Å². The third kappa shape index (κ3) is 3.62. The summed E-state index contributed by atoms with van der Waals surface area (Å²) in [5.41, 5.74) is 2.66. The van der Waals surface area contributed by atoms with Crippen molar-refractivity contribution in [3.05, 3.63) is 0 Å². The van der Waals surface area contributed by atoms with Gasteiger partial charge in [-0.05, 0) is 20.5 Å². The molecule has 0 aromatic heterocycles. The SMILES string of the molecule is COCCN=C(NN)N1CCC(N(C)C)C1. The number of aliphatic imine (C=N–C) groups is 1. The highest BCUT2D eigenvalue weighted by Crippen LogP contribution is 2.12. The first kappa shape index (κ1) is 13.2. The first-order chi connectivity index (χ1) is 7.69. The van der Waals surface area contributed by atoms with Crippen LogP contribution in [-0.2, 0) is 4.74 Å². The Hall–Kier alpha value is -0.850. The predicted molar refractivity (Wildman–Crippen MR) is 65.2 cm³/mol. The van der Waals surface area contributed by atoms with Gasteiger partial charge < -0.3 is 14.5 Å². The van der Waals surface area contributed by atoms with Crippen molar-refractivity contribution in [3.63, 3.8) is 0 Å². The molecular weight excluding hydrogens is 206 g/mol. The third-order valence-corrected chi connectivity index (χ3v) is 2.88. The number of hydrogen-bond acceptors (Lipinski definition) is 4. The molecule has 1 aliphatic heterocycles. The van der Waals surface area contributed by atoms with Gasteiger partial charge in [0.05, 0.1) is 13.2 Å². The van der Waals surface area contributed by atoms with Gasteiger partial charge in [-0.3, -0.25) is 5.43 Å². The minimum Gasteiger partial charge on any atom is -0.383 e. The number of likely N-dealkylation sites (N-methyl/N-ethyl adjacent to an activating group) is 1. The third-order valence-electron chi connectivity index (χ3n) is 2.88. The Morgan fingerprint density at radius 2 is 2.38 bits per heavy atom. The fourth-order valence-corrected chi connectivity index (χ4v) is 1.84. The summed E-state index contributed by atoms with van der Waals surface area (Å²) in [5, 5.41) is 0.